The molecule has 0 atom stereocenters. The first kappa shape index (κ1) is 17.5. The van der Waals surface area contributed by atoms with Crippen molar-refractivity contribution in [3.8, 4) is 5.75 Å². The van der Waals surface area contributed by atoms with Crippen LogP contribution in [0.5, 0.6) is 5.75 Å². The number of phenols is 1. The molecule has 0 aliphatic carbocycles. The first-order valence-electron chi connectivity index (χ1n) is 7.92. The molecule has 2 nitrogen and oxygen atoms in total. The van der Waals surface area contributed by atoms with Gasteiger partial charge in [0, 0.05) is 16.6 Å². The Hall–Kier alpha value is -0.540. The minimum absolute atomic E-state index is 0.372. The van der Waals surface area contributed by atoms with E-state index < -0.39 is 0 Å². The summed E-state index contributed by atoms with van der Waals surface area (Å²) in [6.07, 6.45) is 10.8. The van der Waals surface area contributed by atoms with Gasteiger partial charge in [-0.25, -0.2) is 0 Å². The molecule has 0 radical (unpaired) electrons. The maximum absolute atomic E-state index is 9.72. The van der Waals surface area contributed by atoms with Gasteiger partial charge < -0.3 is 10.4 Å². The maximum atomic E-state index is 9.72. The van der Waals surface area contributed by atoms with Crippen molar-refractivity contribution in [2.75, 3.05) is 6.54 Å². The second kappa shape index (κ2) is 11.2. The summed E-state index contributed by atoms with van der Waals surface area (Å²) in [5.74, 6) is 0.372. The predicted molar refractivity (Wildman–Crippen MR) is 90.1 cm³/mol. The highest BCUT2D eigenvalue weighted by molar-refractivity contribution is 9.10. The van der Waals surface area contributed by atoms with Crippen LogP contribution in [0.2, 0.25) is 0 Å². The Balaban J connectivity index is 1.98. The quantitative estimate of drug-likeness (QED) is 0.529. The Labute approximate surface area is 132 Å². The molecule has 1 aromatic rings. The van der Waals surface area contributed by atoms with Crippen molar-refractivity contribution < 1.29 is 5.11 Å². The van der Waals surface area contributed by atoms with Gasteiger partial charge in [0.15, 0.2) is 0 Å². The Morgan fingerprint density at radius 1 is 1.00 bits per heavy atom. The first-order valence-corrected chi connectivity index (χ1v) is 8.71. The Kier molecular flexibility index (Phi) is 9.77. The lowest BCUT2D eigenvalue weighted by atomic mass is 10.1. The van der Waals surface area contributed by atoms with Crippen LogP contribution in [0, 0.1) is 0 Å². The summed E-state index contributed by atoms with van der Waals surface area (Å²) in [4.78, 5) is 0. The summed E-state index contributed by atoms with van der Waals surface area (Å²) in [5.41, 5.74) is 0.957. The Morgan fingerprint density at radius 3 is 2.35 bits per heavy atom. The smallest absolute Gasteiger partial charge is 0.120 e. The molecule has 0 spiro atoms. The largest absolute Gasteiger partial charge is 0.508 e. The van der Waals surface area contributed by atoms with Gasteiger partial charge in [0.2, 0.25) is 0 Å². The van der Waals surface area contributed by atoms with Crippen molar-refractivity contribution in [1.82, 2.24) is 5.32 Å². The van der Waals surface area contributed by atoms with Crippen molar-refractivity contribution in [3.05, 3.63) is 28.2 Å². The highest BCUT2D eigenvalue weighted by Crippen LogP contribution is 2.21. The average Bonchev–Trinajstić information content (AvgIpc) is 2.44. The summed E-state index contributed by atoms with van der Waals surface area (Å²) >= 11 is 3.43. The molecule has 1 aromatic carbocycles. The average molecular weight is 342 g/mol. The summed E-state index contributed by atoms with van der Waals surface area (Å²) in [7, 11) is 0. The molecule has 0 saturated carbocycles. The van der Waals surface area contributed by atoms with Gasteiger partial charge in [-0.05, 0) is 31.2 Å². The molecule has 0 saturated heterocycles. The van der Waals surface area contributed by atoms with Gasteiger partial charge in [-0.1, -0.05) is 67.8 Å². The Bertz CT molecular complexity index is 368. The lowest BCUT2D eigenvalue weighted by molar-refractivity contribution is 0.463. The molecule has 0 amide bonds. The highest BCUT2D eigenvalue weighted by Gasteiger charge is 2.01. The molecule has 114 valence electrons. The molecule has 0 bridgehead atoms. The number of hydrogen-bond acceptors (Lipinski definition) is 2. The predicted octanol–water partition coefficient (Wildman–Crippen LogP) is 5.39. The van der Waals surface area contributed by atoms with E-state index in [-0.39, 0.29) is 0 Å². The third-order valence-electron chi connectivity index (χ3n) is 3.56. The molecule has 0 aromatic heterocycles. The van der Waals surface area contributed by atoms with E-state index in [2.05, 4.69) is 28.2 Å². The zero-order valence-electron chi connectivity index (χ0n) is 12.6. The van der Waals surface area contributed by atoms with Gasteiger partial charge in [0.05, 0.1) is 0 Å². The van der Waals surface area contributed by atoms with Crippen LogP contribution < -0.4 is 5.32 Å². The van der Waals surface area contributed by atoms with Gasteiger partial charge in [0.1, 0.15) is 5.75 Å². The first-order chi connectivity index (χ1) is 9.74. The molecule has 0 aliphatic heterocycles. The van der Waals surface area contributed by atoms with E-state index in [1.165, 1.54) is 51.4 Å². The van der Waals surface area contributed by atoms with Crippen LogP contribution in [0.4, 0.5) is 0 Å². The van der Waals surface area contributed by atoms with E-state index in [0.717, 1.165) is 23.1 Å². The van der Waals surface area contributed by atoms with Crippen molar-refractivity contribution in [3.63, 3.8) is 0 Å². The molecule has 0 aliphatic rings. The highest BCUT2D eigenvalue weighted by atomic mass is 79.9. The third-order valence-corrected chi connectivity index (χ3v) is 4.06. The summed E-state index contributed by atoms with van der Waals surface area (Å²) < 4.78 is 1.01. The molecular weight excluding hydrogens is 314 g/mol. The van der Waals surface area contributed by atoms with E-state index >= 15 is 0 Å². The number of rotatable bonds is 11. The lowest BCUT2D eigenvalue weighted by Gasteiger charge is -2.07. The summed E-state index contributed by atoms with van der Waals surface area (Å²) in [6.45, 7) is 4.03. The number of phenolic OH excluding ortho intramolecular Hbond substituents is 1. The fraction of sp³-hybridized carbons (Fsp3) is 0.647. The summed E-state index contributed by atoms with van der Waals surface area (Å²) in [5, 5.41) is 13.1. The number of benzene rings is 1. The zero-order valence-corrected chi connectivity index (χ0v) is 14.2. The van der Waals surface area contributed by atoms with Gasteiger partial charge in [-0.2, -0.15) is 0 Å². The topological polar surface area (TPSA) is 32.3 Å². The van der Waals surface area contributed by atoms with Crippen molar-refractivity contribution in [1.29, 1.82) is 0 Å². The van der Waals surface area contributed by atoms with Crippen LogP contribution in [0.25, 0.3) is 0 Å². The Morgan fingerprint density at radius 2 is 1.65 bits per heavy atom. The molecule has 1 rings (SSSR count). The third kappa shape index (κ3) is 7.91. The van der Waals surface area contributed by atoms with Crippen LogP contribution in [0.3, 0.4) is 0 Å². The minimum Gasteiger partial charge on any atom is -0.508 e. The van der Waals surface area contributed by atoms with Crippen molar-refractivity contribution in [2.45, 2.75) is 64.8 Å². The number of unbranched alkanes of at least 4 members (excludes halogenated alkanes) is 7. The van der Waals surface area contributed by atoms with E-state index in [1.807, 2.05) is 12.1 Å². The molecule has 0 heterocycles. The monoisotopic (exact) mass is 341 g/mol. The van der Waals surface area contributed by atoms with Gasteiger partial charge in [0.25, 0.3) is 0 Å². The second-order valence-electron chi connectivity index (χ2n) is 5.42. The van der Waals surface area contributed by atoms with E-state index in [9.17, 15) is 5.11 Å². The van der Waals surface area contributed by atoms with Gasteiger partial charge >= 0.3 is 0 Å². The SMILES string of the molecule is CCCCCCCCCCNCc1cc(Br)ccc1O. The van der Waals surface area contributed by atoms with Gasteiger partial charge in [-0.15, -0.1) is 0 Å². The zero-order chi connectivity index (χ0) is 14.6. The molecule has 2 N–H and O–H groups in total. The lowest BCUT2D eigenvalue weighted by Crippen LogP contribution is -2.14. The molecule has 0 unspecified atom stereocenters. The van der Waals surface area contributed by atoms with Crippen LogP contribution in [-0.4, -0.2) is 11.7 Å². The standard InChI is InChI=1S/C17H28BrNO/c1-2-3-4-5-6-7-8-9-12-19-14-15-13-16(18)10-11-17(15)20/h10-11,13,19-20H,2-9,12,14H2,1H3. The molecule has 3 heteroatoms. The normalized spacial score (nSPS) is 10.9. The van der Waals surface area contributed by atoms with E-state index in [0.29, 0.717) is 5.75 Å². The maximum Gasteiger partial charge on any atom is 0.120 e. The van der Waals surface area contributed by atoms with Gasteiger partial charge in [-0.3, -0.25) is 0 Å². The minimum atomic E-state index is 0.372. The van der Waals surface area contributed by atoms with Crippen LogP contribution in [0.1, 0.15) is 63.9 Å². The van der Waals surface area contributed by atoms with E-state index in [4.69, 9.17) is 0 Å². The molecule has 20 heavy (non-hydrogen) atoms. The molecule has 0 fully saturated rings. The van der Waals surface area contributed by atoms with Crippen LogP contribution in [0.15, 0.2) is 22.7 Å². The summed E-state index contributed by atoms with van der Waals surface area (Å²) in [6, 6.07) is 5.56. The van der Waals surface area contributed by atoms with Crippen molar-refractivity contribution >= 4 is 15.9 Å². The van der Waals surface area contributed by atoms with Crippen molar-refractivity contribution in [2.24, 2.45) is 0 Å². The van der Waals surface area contributed by atoms with Crippen LogP contribution in [-0.2, 0) is 6.54 Å². The van der Waals surface area contributed by atoms with E-state index in [1.54, 1.807) is 6.07 Å². The number of hydrogen-bond donors (Lipinski definition) is 2. The fourth-order valence-corrected chi connectivity index (χ4v) is 2.71. The second-order valence-corrected chi connectivity index (χ2v) is 6.34. The number of halogens is 1. The van der Waals surface area contributed by atoms with Crippen LogP contribution >= 0.6 is 15.9 Å². The fourth-order valence-electron chi connectivity index (χ4n) is 2.30. The molecular formula is C17H28BrNO. The number of aromatic hydroxyl groups is 1. The number of nitrogens with one attached hydrogen (secondary N) is 1.